The number of hydrogen-bond donors (Lipinski definition) is 1. The highest BCUT2D eigenvalue weighted by Gasteiger charge is 2.33. The van der Waals surface area contributed by atoms with E-state index >= 15 is 0 Å². The van der Waals surface area contributed by atoms with E-state index < -0.39 is 11.9 Å². The second-order valence-corrected chi connectivity index (χ2v) is 4.43. The Kier molecular flexibility index (Phi) is 4.08. The monoisotopic (exact) mass is 277 g/mol. The van der Waals surface area contributed by atoms with Crippen molar-refractivity contribution in [3.05, 3.63) is 18.0 Å². The Morgan fingerprint density at radius 2 is 2.37 bits per heavy atom. The molecule has 106 valence electrons. The van der Waals surface area contributed by atoms with Crippen LogP contribution >= 0.6 is 0 Å². The molecule has 0 spiro atoms. The summed E-state index contributed by atoms with van der Waals surface area (Å²) in [4.78, 5) is 11.5. The summed E-state index contributed by atoms with van der Waals surface area (Å²) in [5, 5.41) is 5.97. The number of aromatic nitrogens is 2. The van der Waals surface area contributed by atoms with Gasteiger partial charge in [-0.15, -0.1) is 0 Å². The molecule has 2 heterocycles. The number of carbonyl (C=O) groups is 1. The summed E-state index contributed by atoms with van der Waals surface area (Å²) in [6.07, 6.45) is -2.45. The number of nitrogens with zero attached hydrogens (tertiary/aromatic N) is 2. The molecule has 1 aliphatic rings. The highest BCUT2D eigenvalue weighted by atomic mass is 19.4. The molecule has 8 heteroatoms. The van der Waals surface area contributed by atoms with Crippen LogP contribution in [-0.4, -0.2) is 35.4 Å². The highest BCUT2D eigenvalue weighted by molar-refractivity contribution is 5.75. The van der Waals surface area contributed by atoms with Gasteiger partial charge in [0, 0.05) is 25.3 Å². The SMILES string of the molecule is O=C(Cn1ccc(C(F)(F)F)n1)NC[C@H]1CCOC1. The van der Waals surface area contributed by atoms with Gasteiger partial charge < -0.3 is 10.1 Å². The summed E-state index contributed by atoms with van der Waals surface area (Å²) in [6, 6.07) is 0.845. The molecule has 5 nitrogen and oxygen atoms in total. The molecule has 1 aromatic heterocycles. The number of ether oxygens (including phenoxy) is 1. The number of nitrogens with one attached hydrogen (secondary N) is 1. The molecule has 19 heavy (non-hydrogen) atoms. The smallest absolute Gasteiger partial charge is 0.381 e. The summed E-state index contributed by atoms with van der Waals surface area (Å²) >= 11 is 0. The van der Waals surface area contributed by atoms with Crippen LogP contribution in [0.25, 0.3) is 0 Å². The van der Waals surface area contributed by atoms with Gasteiger partial charge in [-0.05, 0) is 12.5 Å². The molecular weight excluding hydrogens is 263 g/mol. The van der Waals surface area contributed by atoms with Gasteiger partial charge in [0.05, 0.1) is 6.61 Å². The van der Waals surface area contributed by atoms with Crippen LogP contribution in [0.5, 0.6) is 0 Å². The lowest BCUT2D eigenvalue weighted by molar-refractivity contribution is -0.141. The molecule has 1 aliphatic heterocycles. The van der Waals surface area contributed by atoms with E-state index in [0.29, 0.717) is 19.8 Å². The van der Waals surface area contributed by atoms with Gasteiger partial charge in [0.1, 0.15) is 6.54 Å². The Balaban J connectivity index is 1.80. The first-order valence-electron chi connectivity index (χ1n) is 5.90. The zero-order valence-electron chi connectivity index (χ0n) is 10.1. The van der Waals surface area contributed by atoms with E-state index in [0.717, 1.165) is 23.4 Å². The van der Waals surface area contributed by atoms with E-state index in [1.807, 2.05) is 0 Å². The maximum Gasteiger partial charge on any atom is 0.435 e. The molecule has 0 saturated carbocycles. The largest absolute Gasteiger partial charge is 0.435 e. The van der Waals surface area contributed by atoms with Crippen LogP contribution < -0.4 is 5.32 Å². The minimum Gasteiger partial charge on any atom is -0.381 e. The lowest BCUT2D eigenvalue weighted by atomic mass is 10.1. The first-order valence-corrected chi connectivity index (χ1v) is 5.90. The van der Waals surface area contributed by atoms with Crippen molar-refractivity contribution in [2.24, 2.45) is 5.92 Å². The van der Waals surface area contributed by atoms with E-state index in [2.05, 4.69) is 10.4 Å². The standard InChI is InChI=1S/C11H14F3N3O2/c12-11(13,14)9-1-3-17(16-9)6-10(18)15-5-8-2-4-19-7-8/h1,3,8H,2,4-7H2,(H,15,18)/t8-/m1/s1. The average Bonchev–Trinajstić information content (AvgIpc) is 2.95. The van der Waals surface area contributed by atoms with Crippen LogP contribution in [0, 0.1) is 5.92 Å². The van der Waals surface area contributed by atoms with Crippen molar-refractivity contribution in [3.63, 3.8) is 0 Å². The lowest BCUT2D eigenvalue weighted by Gasteiger charge is -2.09. The Labute approximate surface area is 107 Å². The Morgan fingerprint density at radius 3 is 2.95 bits per heavy atom. The lowest BCUT2D eigenvalue weighted by Crippen LogP contribution is -2.32. The molecule has 1 N–H and O–H groups in total. The summed E-state index contributed by atoms with van der Waals surface area (Å²) in [5.41, 5.74) is -0.996. The Hall–Kier alpha value is -1.57. The van der Waals surface area contributed by atoms with E-state index in [-0.39, 0.29) is 18.4 Å². The maximum absolute atomic E-state index is 12.3. The third-order valence-corrected chi connectivity index (χ3v) is 2.85. The van der Waals surface area contributed by atoms with Crippen LogP contribution in [0.15, 0.2) is 12.3 Å². The number of alkyl halides is 3. The molecule has 1 fully saturated rings. The predicted octanol–water partition coefficient (Wildman–Crippen LogP) is 1.05. The second-order valence-electron chi connectivity index (χ2n) is 4.43. The van der Waals surface area contributed by atoms with E-state index in [4.69, 9.17) is 4.74 Å². The summed E-state index contributed by atoms with van der Waals surface area (Å²) < 4.78 is 43.0. The van der Waals surface area contributed by atoms with E-state index in [1.165, 1.54) is 0 Å². The van der Waals surface area contributed by atoms with E-state index in [1.54, 1.807) is 0 Å². The first kappa shape index (κ1) is 13.9. The number of amides is 1. The summed E-state index contributed by atoms with van der Waals surface area (Å²) in [6.45, 7) is 1.56. The van der Waals surface area contributed by atoms with Crippen molar-refractivity contribution in [2.75, 3.05) is 19.8 Å². The number of halogens is 3. The van der Waals surface area contributed by atoms with Gasteiger partial charge in [-0.3, -0.25) is 9.48 Å². The molecule has 0 radical (unpaired) electrons. The number of carbonyl (C=O) groups excluding carboxylic acids is 1. The maximum atomic E-state index is 12.3. The molecular formula is C11H14F3N3O2. The van der Waals surface area contributed by atoms with Gasteiger partial charge in [-0.1, -0.05) is 0 Å². The first-order chi connectivity index (χ1) is 8.95. The van der Waals surface area contributed by atoms with Gasteiger partial charge in [-0.25, -0.2) is 0 Å². The van der Waals surface area contributed by atoms with Crippen molar-refractivity contribution in [2.45, 2.75) is 19.1 Å². The summed E-state index contributed by atoms with van der Waals surface area (Å²) in [5.74, 6) is -0.0731. The minimum absolute atomic E-state index is 0.219. The van der Waals surface area contributed by atoms with Crippen LogP contribution in [0.1, 0.15) is 12.1 Å². The van der Waals surface area contributed by atoms with Gasteiger partial charge in [0.25, 0.3) is 0 Å². The highest BCUT2D eigenvalue weighted by Crippen LogP contribution is 2.27. The van der Waals surface area contributed by atoms with Crippen molar-refractivity contribution >= 4 is 5.91 Å². The van der Waals surface area contributed by atoms with Gasteiger partial charge >= 0.3 is 6.18 Å². The zero-order valence-corrected chi connectivity index (χ0v) is 10.1. The second kappa shape index (κ2) is 5.60. The van der Waals surface area contributed by atoms with Crippen molar-refractivity contribution in [1.29, 1.82) is 0 Å². The van der Waals surface area contributed by atoms with Gasteiger partial charge in [-0.2, -0.15) is 18.3 Å². The minimum atomic E-state index is -4.48. The average molecular weight is 277 g/mol. The van der Waals surface area contributed by atoms with Crippen molar-refractivity contribution in [1.82, 2.24) is 15.1 Å². The third kappa shape index (κ3) is 3.95. The fraction of sp³-hybridized carbons (Fsp3) is 0.636. The molecule has 0 unspecified atom stereocenters. The van der Waals surface area contributed by atoms with Crippen molar-refractivity contribution in [3.8, 4) is 0 Å². The zero-order chi connectivity index (χ0) is 13.9. The molecule has 0 bridgehead atoms. The third-order valence-electron chi connectivity index (χ3n) is 2.85. The topological polar surface area (TPSA) is 56.2 Å². The fourth-order valence-electron chi connectivity index (χ4n) is 1.81. The van der Waals surface area contributed by atoms with Crippen LogP contribution in [0.2, 0.25) is 0 Å². The fourth-order valence-corrected chi connectivity index (χ4v) is 1.81. The molecule has 1 saturated heterocycles. The molecule has 2 rings (SSSR count). The number of rotatable bonds is 4. The Morgan fingerprint density at radius 1 is 1.58 bits per heavy atom. The molecule has 1 atom stereocenters. The molecule has 0 aromatic carbocycles. The van der Waals surface area contributed by atoms with Crippen molar-refractivity contribution < 1.29 is 22.7 Å². The van der Waals surface area contributed by atoms with Gasteiger partial charge in [0.2, 0.25) is 5.91 Å². The van der Waals surface area contributed by atoms with Gasteiger partial charge in [0.15, 0.2) is 5.69 Å². The van der Waals surface area contributed by atoms with E-state index in [9.17, 15) is 18.0 Å². The van der Waals surface area contributed by atoms with Crippen LogP contribution in [0.4, 0.5) is 13.2 Å². The molecule has 0 aliphatic carbocycles. The quantitative estimate of drug-likeness (QED) is 0.895. The predicted molar refractivity (Wildman–Crippen MR) is 59.2 cm³/mol. The Bertz CT molecular complexity index is 439. The molecule has 1 aromatic rings. The van der Waals surface area contributed by atoms with Crippen LogP contribution in [0.3, 0.4) is 0 Å². The normalized spacial score (nSPS) is 19.6. The molecule has 1 amide bonds. The number of hydrogen-bond acceptors (Lipinski definition) is 3. The summed E-state index contributed by atoms with van der Waals surface area (Å²) in [7, 11) is 0. The van der Waals surface area contributed by atoms with Crippen LogP contribution in [-0.2, 0) is 22.3 Å².